The van der Waals surface area contributed by atoms with Crippen molar-refractivity contribution in [3.05, 3.63) is 66.6 Å². The molecule has 1 amide bonds. The van der Waals surface area contributed by atoms with Crippen LogP contribution in [0.4, 0.5) is 11.6 Å². The molecule has 32 heavy (non-hydrogen) atoms. The van der Waals surface area contributed by atoms with Crippen LogP contribution in [-0.2, 0) is 0 Å². The second kappa shape index (κ2) is 8.38. The minimum Gasteiger partial charge on any atom is -0.486 e. The van der Waals surface area contributed by atoms with Gasteiger partial charge in [-0.15, -0.1) is 0 Å². The summed E-state index contributed by atoms with van der Waals surface area (Å²) in [7, 11) is 1.55. The molecule has 0 saturated heterocycles. The molecule has 9 heteroatoms. The number of benzene rings is 2. The molecular formula is C23H19N5O4. The molecule has 2 aromatic heterocycles. The normalized spacial score (nSPS) is 12.3. The second-order valence-corrected chi connectivity index (χ2v) is 6.93. The number of aromatic nitrogens is 3. The van der Waals surface area contributed by atoms with Crippen molar-refractivity contribution in [1.29, 1.82) is 0 Å². The topological polar surface area (TPSA) is 107 Å². The number of ether oxygens (including phenoxy) is 3. The first kappa shape index (κ1) is 19.6. The van der Waals surface area contributed by atoms with Crippen LogP contribution in [0.2, 0.25) is 0 Å². The fraction of sp³-hybridized carbons (Fsp3) is 0.130. The Hall–Kier alpha value is -4.40. The molecule has 0 fully saturated rings. The monoisotopic (exact) mass is 429 g/mol. The Kier molecular flexibility index (Phi) is 5.12. The number of hydrogen-bond acceptors (Lipinski definition) is 8. The summed E-state index contributed by atoms with van der Waals surface area (Å²) in [6.07, 6.45) is 3.24. The summed E-state index contributed by atoms with van der Waals surface area (Å²) in [5.41, 5.74) is 1.77. The van der Waals surface area contributed by atoms with Crippen LogP contribution in [0.15, 0.2) is 60.9 Å². The zero-order chi connectivity index (χ0) is 21.9. The molecule has 2 N–H and O–H groups in total. The summed E-state index contributed by atoms with van der Waals surface area (Å²) in [4.78, 5) is 24.8. The molecule has 0 saturated carbocycles. The van der Waals surface area contributed by atoms with Crippen LogP contribution < -0.4 is 24.8 Å². The van der Waals surface area contributed by atoms with Crippen LogP contribution in [0.25, 0.3) is 10.9 Å². The van der Waals surface area contributed by atoms with Gasteiger partial charge in [-0.2, -0.15) is 0 Å². The van der Waals surface area contributed by atoms with Crippen molar-refractivity contribution in [3.63, 3.8) is 0 Å². The quantitative estimate of drug-likeness (QED) is 0.495. The number of amides is 1. The third-order valence-corrected chi connectivity index (χ3v) is 4.79. The molecule has 0 radical (unpaired) electrons. The van der Waals surface area contributed by atoms with Crippen LogP contribution >= 0.6 is 0 Å². The van der Waals surface area contributed by atoms with Gasteiger partial charge in [0.25, 0.3) is 5.91 Å². The van der Waals surface area contributed by atoms with Crippen molar-refractivity contribution in [1.82, 2.24) is 20.3 Å². The van der Waals surface area contributed by atoms with E-state index in [1.54, 1.807) is 31.4 Å². The van der Waals surface area contributed by atoms with Gasteiger partial charge in [0.05, 0.1) is 11.2 Å². The van der Waals surface area contributed by atoms with Crippen LogP contribution in [-0.4, -0.2) is 41.1 Å². The number of rotatable bonds is 5. The zero-order valence-electron chi connectivity index (χ0n) is 17.2. The predicted molar refractivity (Wildman–Crippen MR) is 118 cm³/mol. The molecule has 0 unspecified atom stereocenters. The first-order chi connectivity index (χ1) is 15.7. The lowest BCUT2D eigenvalue weighted by molar-refractivity contribution is 0.0958. The number of carbonyl (C=O) groups excluding carboxylic acids is 1. The van der Waals surface area contributed by atoms with Crippen molar-refractivity contribution < 1.29 is 19.0 Å². The van der Waals surface area contributed by atoms with E-state index in [2.05, 4.69) is 25.6 Å². The number of anilines is 2. The van der Waals surface area contributed by atoms with E-state index in [9.17, 15) is 4.79 Å². The summed E-state index contributed by atoms with van der Waals surface area (Å²) < 4.78 is 17.2. The average Bonchev–Trinajstić information content (AvgIpc) is 2.84. The Labute approximate surface area is 183 Å². The van der Waals surface area contributed by atoms with E-state index in [1.807, 2.05) is 30.3 Å². The molecule has 1 aliphatic rings. The first-order valence-electron chi connectivity index (χ1n) is 9.98. The third-order valence-electron chi connectivity index (χ3n) is 4.79. The molecule has 3 heterocycles. The fourth-order valence-electron chi connectivity index (χ4n) is 3.29. The summed E-state index contributed by atoms with van der Waals surface area (Å²) >= 11 is 0. The Bertz CT molecular complexity index is 1310. The van der Waals surface area contributed by atoms with Gasteiger partial charge in [0, 0.05) is 30.9 Å². The number of fused-ring (bicyclic) bond motifs is 2. The van der Waals surface area contributed by atoms with Crippen LogP contribution in [0, 0.1) is 0 Å². The Morgan fingerprint density at radius 2 is 1.91 bits per heavy atom. The Morgan fingerprint density at radius 1 is 1.03 bits per heavy atom. The van der Waals surface area contributed by atoms with Gasteiger partial charge >= 0.3 is 0 Å². The standard InChI is InChI=1S/C23H19N5O4/c1-24-22(29)19-12-16(7-8-25-19)32-15-5-6-17-14(11-15)13-26-23(27-17)28-18-3-2-4-20-21(18)31-10-9-30-20/h2-8,11-13H,9-10H2,1H3,(H,24,29)(H,26,27,28). The number of para-hydroxylation sites is 1. The van der Waals surface area contributed by atoms with Crippen LogP contribution in [0.5, 0.6) is 23.0 Å². The maximum atomic E-state index is 11.8. The van der Waals surface area contributed by atoms with Gasteiger partial charge in [-0.25, -0.2) is 9.97 Å². The lowest BCUT2D eigenvalue weighted by atomic mass is 10.2. The number of hydrogen-bond donors (Lipinski definition) is 2. The summed E-state index contributed by atoms with van der Waals surface area (Å²) in [6, 6.07) is 14.4. The molecule has 9 nitrogen and oxygen atoms in total. The smallest absolute Gasteiger partial charge is 0.269 e. The summed E-state index contributed by atoms with van der Waals surface area (Å²) in [6.45, 7) is 1.02. The number of pyridine rings is 1. The minimum absolute atomic E-state index is 0.279. The molecule has 5 rings (SSSR count). The molecule has 2 aromatic carbocycles. The Balaban J connectivity index is 1.37. The molecular weight excluding hydrogens is 410 g/mol. The van der Waals surface area contributed by atoms with Gasteiger partial charge in [0.2, 0.25) is 5.95 Å². The molecule has 160 valence electrons. The fourth-order valence-corrected chi connectivity index (χ4v) is 3.29. The van der Waals surface area contributed by atoms with Crippen molar-refractivity contribution in [2.45, 2.75) is 0 Å². The van der Waals surface area contributed by atoms with Crippen LogP contribution in [0.1, 0.15) is 10.5 Å². The van der Waals surface area contributed by atoms with Gasteiger partial charge in [-0.1, -0.05) is 6.07 Å². The molecule has 0 bridgehead atoms. The lowest BCUT2D eigenvalue weighted by Crippen LogP contribution is -2.18. The highest BCUT2D eigenvalue weighted by molar-refractivity contribution is 5.92. The van der Waals surface area contributed by atoms with Crippen molar-refractivity contribution in [3.8, 4) is 23.0 Å². The van der Waals surface area contributed by atoms with E-state index in [-0.39, 0.29) is 11.6 Å². The molecule has 0 spiro atoms. The largest absolute Gasteiger partial charge is 0.486 e. The first-order valence-corrected chi connectivity index (χ1v) is 9.98. The second-order valence-electron chi connectivity index (χ2n) is 6.93. The highest BCUT2D eigenvalue weighted by Gasteiger charge is 2.16. The Morgan fingerprint density at radius 3 is 2.81 bits per heavy atom. The molecule has 0 aliphatic carbocycles. The predicted octanol–water partition coefficient (Wildman–Crippen LogP) is 3.69. The van der Waals surface area contributed by atoms with Crippen molar-refractivity contribution in [2.75, 3.05) is 25.6 Å². The highest BCUT2D eigenvalue weighted by atomic mass is 16.6. The van der Waals surface area contributed by atoms with E-state index in [0.717, 1.165) is 16.6 Å². The third kappa shape index (κ3) is 3.95. The number of nitrogens with zero attached hydrogens (tertiary/aromatic N) is 3. The van der Waals surface area contributed by atoms with E-state index < -0.39 is 0 Å². The van der Waals surface area contributed by atoms with E-state index in [0.29, 0.717) is 42.2 Å². The molecule has 1 aliphatic heterocycles. The molecule has 4 aromatic rings. The molecule has 0 atom stereocenters. The summed E-state index contributed by atoms with van der Waals surface area (Å²) in [5, 5.41) is 6.55. The van der Waals surface area contributed by atoms with Crippen molar-refractivity contribution in [2.24, 2.45) is 0 Å². The minimum atomic E-state index is -0.279. The van der Waals surface area contributed by atoms with Gasteiger partial charge < -0.3 is 24.8 Å². The average molecular weight is 429 g/mol. The maximum Gasteiger partial charge on any atom is 0.269 e. The van der Waals surface area contributed by atoms with E-state index in [4.69, 9.17) is 14.2 Å². The van der Waals surface area contributed by atoms with E-state index >= 15 is 0 Å². The SMILES string of the molecule is CNC(=O)c1cc(Oc2ccc3nc(Nc4cccc5c4OCCO5)ncc3c2)ccn1. The number of nitrogens with one attached hydrogen (secondary N) is 2. The van der Waals surface area contributed by atoms with Gasteiger partial charge in [0.15, 0.2) is 11.5 Å². The van der Waals surface area contributed by atoms with Gasteiger partial charge in [0.1, 0.15) is 30.4 Å². The van der Waals surface area contributed by atoms with Crippen molar-refractivity contribution >= 4 is 28.4 Å². The van der Waals surface area contributed by atoms with Crippen LogP contribution in [0.3, 0.4) is 0 Å². The number of carbonyl (C=O) groups is 1. The van der Waals surface area contributed by atoms with Gasteiger partial charge in [-0.05, 0) is 36.4 Å². The zero-order valence-corrected chi connectivity index (χ0v) is 17.2. The van der Waals surface area contributed by atoms with E-state index in [1.165, 1.54) is 6.20 Å². The summed E-state index contributed by atoms with van der Waals surface area (Å²) in [5.74, 6) is 2.61. The highest BCUT2D eigenvalue weighted by Crippen LogP contribution is 2.38. The van der Waals surface area contributed by atoms with Gasteiger partial charge in [-0.3, -0.25) is 9.78 Å². The lowest BCUT2D eigenvalue weighted by Gasteiger charge is -2.21. The maximum absolute atomic E-state index is 11.8.